The number of thiocarbonyl (C=S) groups is 1. The summed E-state index contributed by atoms with van der Waals surface area (Å²) in [7, 11) is 0. The van der Waals surface area contributed by atoms with Crippen LogP contribution in [-0.4, -0.2) is 22.6 Å². The Kier molecular flexibility index (Phi) is 4.17. The summed E-state index contributed by atoms with van der Waals surface area (Å²) in [5.41, 5.74) is 7.85. The molecule has 2 atom stereocenters. The van der Waals surface area contributed by atoms with Gasteiger partial charge in [0.25, 0.3) is 0 Å². The molecule has 2 N–H and O–H groups in total. The summed E-state index contributed by atoms with van der Waals surface area (Å²) >= 11 is 5.14. The molecule has 0 spiro atoms. The van der Waals surface area contributed by atoms with Gasteiger partial charge in [-0.2, -0.15) is 0 Å². The number of hydrogen-bond acceptors (Lipinski definition) is 3. The quantitative estimate of drug-likeness (QED) is 0.852. The first-order chi connectivity index (χ1) is 8.63. The smallest absolute Gasteiger partial charge is 0.106 e. The molecular formula is C14H21N3S. The van der Waals surface area contributed by atoms with Gasteiger partial charge in [0.1, 0.15) is 4.99 Å². The molecule has 0 amide bonds. The second-order valence-corrected chi connectivity index (χ2v) is 5.55. The average Bonchev–Trinajstić information content (AvgIpc) is 2.39. The normalized spacial score (nSPS) is 24.0. The molecule has 2 heterocycles. The van der Waals surface area contributed by atoms with Crippen LogP contribution in [0.4, 0.5) is 5.69 Å². The van der Waals surface area contributed by atoms with Gasteiger partial charge < -0.3 is 10.6 Å². The van der Waals surface area contributed by atoms with Crippen molar-refractivity contribution >= 4 is 22.9 Å². The molecule has 4 heteroatoms. The summed E-state index contributed by atoms with van der Waals surface area (Å²) in [6.45, 7) is 5.61. The molecule has 3 nitrogen and oxygen atoms in total. The van der Waals surface area contributed by atoms with Crippen LogP contribution in [0.1, 0.15) is 38.7 Å². The fourth-order valence-electron chi connectivity index (χ4n) is 2.67. The van der Waals surface area contributed by atoms with E-state index in [2.05, 4.69) is 23.7 Å². The topological polar surface area (TPSA) is 42.2 Å². The highest BCUT2D eigenvalue weighted by atomic mass is 32.1. The van der Waals surface area contributed by atoms with Crippen LogP contribution >= 0.6 is 12.2 Å². The van der Waals surface area contributed by atoms with E-state index in [1.165, 1.54) is 19.3 Å². The molecule has 0 aromatic carbocycles. The third-order valence-corrected chi connectivity index (χ3v) is 4.15. The van der Waals surface area contributed by atoms with E-state index >= 15 is 0 Å². The summed E-state index contributed by atoms with van der Waals surface area (Å²) in [5, 5.41) is 0. The van der Waals surface area contributed by atoms with Gasteiger partial charge in [-0.15, -0.1) is 0 Å². The van der Waals surface area contributed by atoms with Crippen molar-refractivity contribution in [1.82, 2.24) is 4.98 Å². The summed E-state index contributed by atoms with van der Waals surface area (Å²) in [4.78, 5) is 7.10. The predicted molar refractivity (Wildman–Crippen MR) is 79.9 cm³/mol. The SMILES string of the molecule is CCC1CCC(C)N(c2cnccc2C(N)=S)C1. The number of nitrogens with two attached hydrogens (primary N) is 1. The lowest BCUT2D eigenvalue weighted by Crippen LogP contribution is -2.42. The minimum Gasteiger partial charge on any atom is -0.389 e. The van der Waals surface area contributed by atoms with Crippen LogP contribution in [0.3, 0.4) is 0 Å². The molecule has 98 valence electrons. The third-order valence-electron chi connectivity index (χ3n) is 3.93. The molecule has 0 saturated carbocycles. The zero-order valence-corrected chi connectivity index (χ0v) is 11.9. The Hall–Kier alpha value is -1.16. The number of anilines is 1. The van der Waals surface area contributed by atoms with Crippen molar-refractivity contribution in [3.8, 4) is 0 Å². The van der Waals surface area contributed by atoms with Crippen LogP contribution in [-0.2, 0) is 0 Å². The van der Waals surface area contributed by atoms with E-state index < -0.39 is 0 Å². The largest absolute Gasteiger partial charge is 0.389 e. The van der Waals surface area contributed by atoms with Gasteiger partial charge in [-0.05, 0) is 31.7 Å². The first kappa shape index (κ1) is 13.3. The van der Waals surface area contributed by atoms with E-state index in [-0.39, 0.29) is 0 Å². The van der Waals surface area contributed by atoms with Crippen molar-refractivity contribution in [3.05, 3.63) is 24.0 Å². The van der Waals surface area contributed by atoms with E-state index in [9.17, 15) is 0 Å². The van der Waals surface area contributed by atoms with E-state index in [1.807, 2.05) is 12.3 Å². The van der Waals surface area contributed by atoms with Crippen molar-refractivity contribution in [3.63, 3.8) is 0 Å². The summed E-state index contributed by atoms with van der Waals surface area (Å²) in [6.07, 6.45) is 7.42. The molecule has 1 saturated heterocycles. The van der Waals surface area contributed by atoms with Gasteiger partial charge in [-0.25, -0.2) is 0 Å². The van der Waals surface area contributed by atoms with E-state index in [4.69, 9.17) is 18.0 Å². The molecule has 1 aromatic rings. The van der Waals surface area contributed by atoms with Crippen molar-refractivity contribution in [2.24, 2.45) is 11.7 Å². The van der Waals surface area contributed by atoms with Gasteiger partial charge in [-0.3, -0.25) is 4.98 Å². The molecule has 1 fully saturated rings. The maximum absolute atomic E-state index is 5.81. The van der Waals surface area contributed by atoms with Crippen LogP contribution in [0.2, 0.25) is 0 Å². The number of rotatable bonds is 3. The van der Waals surface area contributed by atoms with Crippen molar-refractivity contribution in [1.29, 1.82) is 0 Å². The Labute approximate surface area is 114 Å². The molecule has 1 aliphatic heterocycles. The Bertz CT molecular complexity index is 433. The Morgan fingerprint density at radius 2 is 2.33 bits per heavy atom. The molecule has 18 heavy (non-hydrogen) atoms. The zero-order chi connectivity index (χ0) is 13.1. The number of hydrogen-bond donors (Lipinski definition) is 1. The monoisotopic (exact) mass is 263 g/mol. The van der Waals surface area contributed by atoms with Gasteiger partial charge in [0.15, 0.2) is 0 Å². The summed E-state index contributed by atoms with van der Waals surface area (Å²) in [5.74, 6) is 0.764. The van der Waals surface area contributed by atoms with E-state index in [0.717, 1.165) is 23.7 Å². The molecular weight excluding hydrogens is 242 g/mol. The fourth-order valence-corrected chi connectivity index (χ4v) is 2.85. The van der Waals surface area contributed by atoms with Gasteiger partial charge >= 0.3 is 0 Å². The third kappa shape index (κ3) is 2.64. The van der Waals surface area contributed by atoms with Crippen LogP contribution < -0.4 is 10.6 Å². The molecule has 1 aromatic heterocycles. The number of pyridine rings is 1. The van der Waals surface area contributed by atoms with Crippen LogP contribution in [0.15, 0.2) is 18.5 Å². The second kappa shape index (κ2) is 5.65. The Balaban J connectivity index is 2.31. The maximum atomic E-state index is 5.81. The lowest BCUT2D eigenvalue weighted by molar-refractivity contribution is 0.359. The van der Waals surface area contributed by atoms with Gasteiger partial charge in [0, 0.05) is 24.3 Å². The zero-order valence-electron chi connectivity index (χ0n) is 11.1. The van der Waals surface area contributed by atoms with Crippen LogP contribution in [0.25, 0.3) is 0 Å². The van der Waals surface area contributed by atoms with Crippen LogP contribution in [0.5, 0.6) is 0 Å². The molecule has 0 aliphatic carbocycles. The molecule has 0 bridgehead atoms. The lowest BCUT2D eigenvalue weighted by Gasteiger charge is -2.40. The highest BCUT2D eigenvalue weighted by Crippen LogP contribution is 2.30. The lowest BCUT2D eigenvalue weighted by atomic mass is 9.91. The van der Waals surface area contributed by atoms with Crippen molar-refractivity contribution in [2.45, 2.75) is 39.2 Å². The summed E-state index contributed by atoms with van der Waals surface area (Å²) in [6, 6.07) is 2.45. The Morgan fingerprint density at radius 1 is 1.56 bits per heavy atom. The first-order valence-electron chi connectivity index (χ1n) is 6.64. The number of piperidine rings is 1. The molecule has 2 unspecified atom stereocenters. The minimum atomic E-state index is 0.457. The maximum Gasteiger partial charge on any atom is 0.106 e. The first-order valence-corrected chi connectivity index (χ1v) is 7.04. The average molecular weight is 263 g/mol. The fraction of sp³-hybridized carbons (Fsp3) is 0.571. The van der Waals surface area contributed by atoms with Gasteiger partial charge in [0.2, 0.25) is 0 Å². The molecule has 1 aliphatic rings. The van der Waals surface area contributed by atoms with Crippen molar-refractivity contribution in [2.75, 3.05) is 11.4 Å². The van der Waals surface area contributed by atoms with E-state index in [1.54, 1.807) is 6.20 Å². The summed E-state index contributed by atoms with van der Waals surface area (Å²) < 4.78 is 0. The highest BCUT2D eigenvalue weighted by molar-refractivity contribution is 7.80. The predicted octanol–water partition coefficient (Wildman–Crippen LogP) is 2.73. The standard InChI is InChI=1S/C14H21N3S/c1-3-11-5-4-10(2)17(9-11)13-8-16-7-6-12(13)14(15)18/h6-8,10-11H,3-5,9H2,1-2H3,(H2,15,18). The van der Waals surface area contributed by atoms with Crippen LogP contribution in [0, 0.1) is 5.92 Å². The second-order valence-electron chi connectivity index (χ2n) is 5.11. The van der Waals surface area contributed by atoms with Gasteiger partial charge in [0.05, 0.1) is 11.9 Å². The van der Waals surface area contributed by atoms with E-state index in [0.29, 0.717) is 11.0 Å². The number of nitrogens with zero attached hydrogens (tertiary/aromatic N) is 2. The highest BCUT2D eigenvalue weighted by Gasteiger charge is 2.26. The van der Waals surface area contributed by atoms with Crippen molar-refractivity contribution < 1.29 is 0 Å². The van der Waals surface area contributed by atoms with Gasteiger partial charge in [-0.1, -0.05) is 25.6 Å². The molecule has 2 rings (SSSR count). The number of aromatic nitrogens is 1. The Morgan fingerprint density at radius 3 is 3.00 bits per heavy atom. The minimum absolute atomic E-state index is 0.457. The molecule has 0 radical (unpaired) electrons.